The van der Waals surface area contributed by atoms with Crippen molar-refractivity contribution in [1.82, 2.24) is 0 Å². The molecule has 0 unspecified atom stereocenters. The van der Waals surface area contributed by atoms with Crippen molar-refractivity contribution in [3.05, 3.63) is 60.8 Å². The van der Waals surface area contributed by atoms with Crippen LogP contribution >= 0.6 is 0 Å². The Morgan fingerprint density at radius 2 is 0.750 bits per heavy atom. The zero-order chi connectivity index (χ0) is 11.3. The highest BCUT2D eigenvalue weighted by atomic mass is 13.9. The molecule has 0 atom stereocenters. The lowest BCUT2D eigenvalue weighted by Gasteiger charge is -1.96. The Hall–Kier alpha value is -1.30. The van der Waals surface area contributed by atoms with E-state index in [4.69, 9.17) is 0 Å². The Labute approximate surface area is 99.8 Å². The normalized spacial score (nSPS) is 27.0. The smallest absolute Gasteiger partial charge is 0.0348 e. The predicted molar refractivity (Wildman–Crippen MR) is 73.4 cm³/mol. The van der Waals surface area contributed by atoms with E-state index in [9.17, 15) is 0 Å². The maximum atomic E-state index is 2.26. The molecule has 86 valence electrons. The quantitative estimate of drug-likeness (QED) is 0.525. The Bertz CT molecular complexity index is 257. The van der Waals surface area contributed by atoms with Crippen molar-refractivity contribution in [2.45, 2.75) is 38.5 Å². The standard InChI is InChI=1S/C16H22/c1-2-4-6-8-10-12-14-16-15-13-11-9-7-5-3-1/h1-10H,11-16H2/b2-1-,5-3+,6-4+,9-7+,10-8?. The molecule has 0 aromatic heterocycles. The molecule has 1 aliphatic carbocycles. The van der Waals surface area contributed by atoms with Gasteiger partial charge in [-0.15, -0.1) is 0 Å². The van der Waals surface area contributed by atoms with Gasteiger partial charge in [0.05, 0.1) is 0 Å². The van der Waals surface area contributed by atoms with E-state index in [1.165, 1.54) is 38.5 Å². The summed E-state index contributed by atoms with van der Waals surface area (Å²) in [5, 5.41) is 0. The van der Waals surface area contributed by atoms with Gasteiger partial charge in [0.15, 0.2) is 0 Å². The van der Waals surface area contributed by atoms with E-state index in [1.54, 1.807) is 0 Å². The molecule has 0 aromatic rings. The fourth-order valence-electron chi connectivity index (χ4n) is 1.61. The molecule has 0 bridgehead atoms. The van der Waals surface area contributed by atoms with Gasteiger partial charge in [0, 0.05) is 0 Å². The van der Waals surface area contributed by atoms with Crippen LogP contribution in [-0.4, -0.2) is 0 Å². The van der Waals surface area contributed by atoms with Gasteiger partial charge in [0.25, 0.3) is 0 Å². The first-order valence-electron chi connectivity index (χ1n) is 6.32. The van der Waals surface area contributed by atoms with E-state index in [0.29, 0.717) is 0 Å². The van der Waals surface area contributed by atoms with Crippen LogP contribution in [0.1, 0.15) is 38.5 Å². The maximum absolute atomic E-state index is 2.26. The van der Waals surface area contributed by atoms with Gasteiger partial charge in [0.1, 0.15) is 0 Å². The summed E-state index contributed by atoms with van der Waals surface area (Å²) in [7, 11) is 0. The monoisotopic (exact) mass is 214 g/mol. The van der Waals surface area contributed by atoms with Gasteiger partial charge in [-0.05, 0) is 25.7 Å². The summed E-state index contributed by atoms with van der Waals surface area (Å²) in [6.45, 7) is 0. The van der Waals surface area contributed by atoms with Gasteiger partial charge in [-0.2, -0.15) is 0 Å². The van der Waals surface area contributed by atoms with Crippen LogP contribution < -0.4 is 0 Å². The molecule has 0 N–H and O–H groups in total. The molecule has 0 saturated heterocycles. The van der Waals surface area contributed by atoms with Crippen LogP contribution in [0.2, 0.25) is 0 Å². The summed E-state index contributed by atoms with van der Waals surface area (Å²) in [6, 6.07) is 0. The fraction of sp³-hybridized carbons (Fsp3) is 0.375. The van der Waals surface area contributed by atoms with E-state index in [2.05, 4.69) is 60.8 Å². The van der Waals surface area contributed by atoms with Gasteiger partial charge >= 0.3 is 0 Å². The van der Waals surface area contributed by atoms with Crippen molar-refractivity contribution in [1.29, 1.82) is 0 Å². The summed E-state index contributed by atoms with van der Waals surface area (Å²) < 4.78 is 0. The average molecular weight is 214 g/mol. The summed E-state index contributed by atoms with van der Waals surface area (Å²) >= 11 is 0. The first-order chi connectivity index (χ1) is 8.00. The summed E-state index contributed by atoms with van der Waals surface area (Å²) in [6.07, 6.45) is 29.0. The lowest BCUT2D eigenvalue weighted by atomic mass is 10.1. The Morgan fingerprint density at radius 1 is 0.375 bits per heavy atom. The van der Waals surface area contributed by atoms with E-state index in [-0.39, 0.29) is 0 Å². The van der Waals surface area contributed by atoms with E-state index >= 15 is 0 Å². The Morgan fingerprint density at radius 3 is 1.19 bits per heavy atom. The van der Waals surface area contributed by atoms with Crippen LogP contribution in [0.4, 0.5) is 0 Å². The van der Waals surface area contributed by atoms with E-state index in [1.807, 2.05) is 0 Å². The molecule has 0 heterocycles. The second-order valence-electron chi connectivity index (χ2n) is 4.00. The molecule has 0 heteroatoms. The minimum absolute atomic E-state index is 1.21. The molecule has 0 saturated carbocycles. The lowest BCUT2D eigenvalue weighted by Crippen LogP contribution is -1.76. The summed E-state index contributed by atoms with van der Waals surface area (Å²) in [5.74, 6) is 0. The molecule has 0 aromatic carbocycles. The highest BCUT2D eigenvalue weighted by Gasteiger charge is 1.86. The minimum Gasteiger partial charge on any atom is -0.0845 e. The molecular formula is C16H22. The SMILES string of the molecule is C1=CCCCCCC/C=C/C=C/C=C\C=C\1. The van der Waals surface area contributed by atoms with Crippen molar-refractivity contribution in [2.75, 3.05) is 0 Å². The van der Waals surface area contributed by atoms with Gasteiger partial charge in [-0.25, -0.2) is 0 Å². The van der Waals surface area contributed by atoms with Crippen LogP contribution in [0.25, 0.3) is 0 Å². The Kier molecular flexibility index (Phi) is 8.16. The van der Waals surface area contributed by atoms with Crippen molar-refractivity contribution >= 4 is 0 Å². The van der Waals surface area contributed by atoms with Crippen LogP contribution in [0.5, 0.6) is 0 Å². The topological polar surface area (TPSA) is 0 Å². The van der Waals surface area contributed by atoms with Gasteiger partial charge < -0.3 is 0 Å². The zero-order valence-electron chi connectivity index (χ0n) is 10.0. The third-order valence-corrected chi connectivity index (χ3v) is 2.54. The largest absolute Gasteiger partial charge is 0.0845 e. The van der Waals surface area contributed by atoms with Crippen molar-refractivity contribution in [2.24, 2.45) is 0 Å². The number of hydrogen-bond acceptors (Lipinski definition) is 0. The third kappa shape index (κ3) is 8.05. The minimum atomic E-state index is 1.21. The molecule has 0 amide bonds. The van der Waals surface area contributed by atoms with E-state index < -0.39 is 0 Å². The van der Waals surface area contributed by atoms with Gasteiger partial charge in [0.2, 0.25) is 0 Å². The molecule has 1 rings (SSSR count). The van der Waals surface area contributed by atoms with Gasteiger partial charge in [-0.1, -0.05) is 73.6 Å². The Balaban J connectivity index is 2.40. The van der Waals surface area contributed by atoms with Crippen molar-refractivity contribution in [3.63, 3.8) is 0 Å². The molecular weight excluding hydrogens is 192 g/mol. The zero-order valence-corrected chi connectivity index (χ0v) is 10.0. The predicted octanol–water partition coefficient (Wildman–Crippen LogP) is 5.12. The lowest BCUT2D eigenvalue weighted by molar-refractivity contribution is 0.652. The fourth-order valence-corrected chi connectivity index (χ4v) is 1.61. The summed E-state index contributed by atoms with van der Waals surface area (Å²) in [4.78, 5) is 0. The first-order valence-corrected chi connectivity index (χ1v) is 6.32. The van der Waals surface area contributed by atoms with Gasteiger partial charge in [-0.3, -0.25) is 0 Å². The first kappa shape index (κ1) is 12.8. The molecule has 16 heavy (non-hydrogen) atoms. The molecule has 0 aliphatic heterocycles. The maximum Gasteiger partial charge on any atom is -0.0348 e. The number of hydrogen-bond donors (Lipinski definition) is 0. The second kappa shape index (κ2) is 10.2. The molecule has 0 radical (unpaired) electrons. The van der Waals surface area contributed by atoms with Crippen LogP contribution in [-0.2, 0) is 0 Å². The van der Waals surface area contributed by atoms with Crippen LogP contribution in [0, 0.1) is 0 Å². The number of allylic oxidation sites excluding steroid dienone is 10. The summed E-state index contributed by atoms with van der Waals surface area (Å²) in [5.41, 5.74) is 0. The highest BCUT2D eigenvalue weighted by molar-refractivity contribution is 5.17. The second-order valence-corrected chi connectivity index (χ2v) is 4.00. The number of rotatable bonds is 0. The van der Waals surface area contributed by atoms with Crippen LogP contribution in [0.15, 0.2) is 60.8 Å². The highest BCUT2D eigenvalue weighted by Crippen LogP contribution is 2.06. The third-order valence-electron chi connectivity index (χ3n) is 2.54. The molecule has 0 spiro atoms. The average Bonchev–Trinajstić information content (AvgIpc) is 2.29. The molecule has 1 aliphatic rings. The van der Waals surface area contributed by atoms with E-state index in [0.717, 1.165) is 0 Å². The van der Waals surface area contributed by atoms with Crippen LogP contribution in [0.3, 0.4) is 0 Å². The molecule has 0 nitrogen and oxygen atoms in total. The molecule has 0 fully saturated rings. The van der Waals surface area contributed by atoms with Crippen molar-refractivity contribution in [3.8, 4) is 0 Å². The van der Waals surface area contributed by atoms with Crippen molar-refractivity contribution < 1.29 is 0 Å².